The first-order chi connectivity index (χ1) is 10.8. The van der Waals surface area contributed by atoms with Gasteiger partial charge in [0.2, 0.25) is 0 Å². The second-order valence-electron chi connectivity index (χ2n) is 5.68. The van der Waals surface area contributed by atoms with Crippen LogP contribution >= 0.6 is 0 Å². The van der Waals surface area contributed by atoms with Crippen molar-refractivity contribution in [1.29, 1.82) is 0 Å². The highest BCUT2D eigenvalue weighted by molar-refractivity contribution is 5.79. The minimum Gasteiger partial charge on any atom is -0.352 e. The number of aliphatic imine (C=N–C) groups is 1. The molecular weight excluding hydrogens is 274 g/mol. The minimum atomic E-state index is 0.709. The Hall–Kier alpha value is -2.30. The molecule has 0 unspecified atom stereocenters. The summed E-state index contributed by atoms with van der Waals surface area (Å²) in [5.41, 5.74) is 5.46. The summed E-state index contributed by atoms with van der Waals surface area (Å²) in [5.74, 6) is 0.807. The summed E-state index contributed by atoms with van der Waals surface area (Å²) in [7, 11) is 3.74. The highest BCUT2D eigenvalue weighted by atomic mass is 15.3. The number of aryl methyl sites for hydroxylation is 3. The van der Waals surface area contributed by atoms with Gasteiger partial charge < -0.3 is 10.6 Å². The smallest absolute Gasteiger partial charge is 0.191 e. The minimum absolute atomic E-state index is 0.709. The van der Waals surface area contributed by atoms with Crippen molar-refractivity contribution in [2.45, 2.75) is 32.4 Å². The van der Waals surface area contributed by atoms with Crippen molar-refractivity contribution in [3.63, 3.8) is 0 Å². The number of hydrogen-bond donors (Lipinski definition) is 2. The largest absolute Gasteiger partial charge is 0.352 e. The molecule has 1 aromatic carbocycles. The van der Waals surface area contributed by atoms with E-state index in [0.29, 0.717) is 6.54 Å². The first-order valence-electron chi connectivity index (χ1n) is 7.78. The molecule has 0 saturated heterocycles. The van der Waals surface area contributed by atoms with E-state index >= 15 is 0 Å². The van der Waals surface area contributed by atoms with Crippen LogP contribution < -0.4 is 10.6 Å². The summed E-state index contributed by atoms with van der Waals surface area (Å²) in [4.78, 5) is 4.27. The van der Waals surface area contributed by atoms with E-state index in [0.717, 1.165) is 18.2 Å². The molecule has 1 aromatic heterocycles. The van der Waals surface area contributed by atoms with Gasteiger partial charge in [-0.25, -0.2) is 0 Å². The summed E-state index contributed by atoms with van der Waals surface area (Å²) < 4.78 is 1.86. The van der Waals surface area contributed by atoms with Crippen molar-refractivity contribution in [2.24, 2.45) is 12.0 Å². The van der Waals surface area contributed by atoms with Gasteiger partial charge in [-0.05, 0) is 42.0 Å². The fourth-order valence-corrected chi connectivity index (χ4v) is 2.89. The Balaban J connectivity index is 1.54. The number of nitrogens with one attached hydrogen (secondary N) is 2. The number of fused-ring (bicyclic) bond motifs is 1. The van der Waals surface area contributed by atoms with Crippen LogP contribution in [0, 0.1) is 0 Å². The maximum Gasteiger partial charge on any atom is 0.191 e. The Bertz CT molecular complexity index is 671. The zero-order chi connectivity index (χ0) is 15.4. The highest BCUT2D eigenvalue weighted by Crippen LogP contribution is 2.22. The third-order valence-corrected chi connectivity index (χ3v) is 4.21. The number of nitrogens with zero attached hydrogens (tertiary/aromatic N) is 3. The summed E-state index contributed by atoms with van der Waals surface area (Å²) in [6.45, 7) is 1.50. The van der Waals surface area contributed by atoms with Crippen molar-refractivity contribution in [2.75, 3.05) is 7.05 Å². The van der Waals surface area contributed by atoms with Crippen LogP contribution in [-0.2, 0) is 33.0 Å². The van der Waals surface area contributed by atoms with Gasteiger partial charge in [-0.2, -0.15) is 5.10 Å². The number of guanidine groups is 1. The molecule has 0 spiro atoms. The maximum atomic E-state index is 4.27. The Kier molecular flexibility index (Phi) is 4.42. The zero-order valence-electron chi connectivity index (χ0n) is 13.3. The molecule has 0 atom stereocenters. The third-order valence-electron chi connectivity index (χ3n) is 4.21. The molecule has 2 aromatic rings. The molecule has 1 aliphatic carbocycles. The van der Waals surface area contributed by atoms with Crippen molar-refractivity contribution >= 4 is 5.96 Å². The van der Waals surface area contributed by atoms with Crippen LogP contribution in [-0.4, -0.2) is 22.8 Å². The monoisotopic (exact) mass is 297 g/mol. The van der Waals surface area contributed by atoms with Gasteiger partial charge in [-0.3, -0.25) is 9.67 Å². The Morgan fingerprint density at radius 1 is 1.18 bits per heavy atom. The van der Waals surface area contributed by atoms with Gasteiger partial charge in [0.1, 0.15) is 0 Å². The van der Waals surface area contributed by atoms with Gasteiger partial charge in [0.25, 0.3) is 0 Å². The molecule has 0 bridgehead atoms. The fraction of sp³-hybridized carbons (Fsp3) is 0.412. The maximum absolute atomic E-state index is 4.27. The molecule has 0 saturated carbocycles. The Labute approximate surface area is 131 Å². The average molecular weight is 297 g/mol. The van der Waals surface area contributed by atoms with Crippen LogP contribution in [0.25, 0.3) is 0 Å². The quantitative estimate of drug-likeness (QED) is 0.668. The lowest BCUT2D eigenvalue weighted by Crippen LogP contribution is -2.36. The van der Waals surface area contributed by atoms with E-state index in [1.807, 2.05) is 17.8 Å². The first-order valence-corrected chi connectivity index (χ1v) is 7.78. The van der Waals surface area contributed by atoms with Crippen LogP contribution in [0.4, 0.5) is 0 Å². The van der Waals surface area contributed by atoms with Crippen LogP contribution in [0.5, 0.6) is 0 Å². The predicted molar refractivity (Wildman–Crippen MR) is 88.7 cm³/mol. The molecule has 116 valence electrons. The van der Waals surface area contributed by atoms with Gasteiger partial charge in [0.05, 0.1) is 12.2 Å². The molecule has 2 N–H and O–H groups in total. The van der Waals surface area contributed by atoms with E-state index in [2.05, 4.69) is 38.9 Å². The predicted octanol–water partition coefficient (Wildman–Crippen LogP) is 1.77. The Morgan fingerprint density at radius 3 is 2.77 bits per heavy atom. The van der Waals surface area contributed by atoms with Crippen molar-refractivity contribution in [3.05, 3.63) is 52.8 Å². The zero-order valence-corrected chi connectivity index (χ0v) is 13.3. The van der Waals surface area contributed by atoms with Crippen molar-refractivity contribution < 1.29 is 0 Å². The summed E-state index contributed by atoms with van der Waals surface area (Å²) in [5, 5.41) is 10.8. The summed E-state index contributed by atoms with van der Waals surface area (Å²) >= 11 is 0. The number of benzene rings is 1. The lowest BCUT2D eigenvalue weighted by Gasteiger charge is -2.12. The fourth-order valence-electron chi connectivity index (χ4n) is 2.89. The van der Waals surface area contributed by atoms with Gasteiger partial charge in [0.15, 0.2) is 5.96 Å². The molecule has 1 heterocycles. The van der Waals surface area contributed by atoms with Gasteiger partial charge in [-0.1, -0.05) is 18.2 Å². The topological polar surface area (TPSA) is 54.2 Å². The summed E-state index contributed by atoms with van der Waals surface area (Å²) in [6, 6.07) is 8.81. The van der Waals surface area contributed by atoms with E-state index in [9.17, 15) is 0 Å². The van der Waals surface area contributed by atoms with Crippen LogP contribution in [0.15, 0.2) is 35.5 Å². The number of hydrogen-bond acceptors (Lipinski definition) is 2. The summed E-state index contributed by atoms with van der Waals surface area (Å²) in [6.07, 6.45) is 5.55. The Morgan fingerprint density at radius 2 is 2.00 bits per heavy atom. The third kappa shape index (κ3) is 3.30. The molecule has 0 aliphatic heterocycles. The van der Waals surface area contributed by atoms with Crippen LogP contribution in [0.1, 0.15) is 28.8 Å². The van der Waals surface area contributed by atoms with E-state index < -0.39 is 0 Å². The van der Waals surface area contributed by atoms with Crippen LogP contribution in [0.2, 0.25) is 0 Å². The second-order valence-corrected chi connectivity index (χ2v) is 5.68. The number of aromatic nitrogens is 2. The molecule has 5 heteroatoms. The SMILES string of the molecule is CN=C(NCc1ccc2c(c1)CCC2)NCc1ccnn1C. The van der Waals surface area contributed by atoms with Crippen molar-refractivity contribution in [1.82, 2.24) is 20.4 Å². The molecular formula is C17H23N5. The molecule has 1 aliphatic rings. The highest BCUT2D eigenvalue weighted by Gasteiger charge is 2.10. The lowest BCUT2D eigenvalue weighted by molar-refractivity contribution is 0.684. The van der Waals surface area contributed by atoms with E-state index in [1.165, 1.54) is 36.0 Å². The van der Waals surface area contributed by atoms with Crippen LogP contribution in [0.3, 0.4) is 0 Å². The molecule has 22 heavy (non-hydrogen) atoms. The molecule has 0 amide bonds. The average Bonchev–Trinajstić information content (AvgIpc) is 3.15. The van der Waals surface area contributed by atoms with E-state index in [-0.39, 0.29) is 0 Å². The second kappa shape index (κ2) is 6.64. The van der Waals surface area contributed by atoms with E-state index in [1.54, 1.807) is 13.2 Å². The normalized spacial score (nSPS) is 14.0. The van der Waals surface area contributed by atoms with Crippen molar-refractivity contribution in [3.8, 4) is 0 Å². The molecule has 3 rings (SSSR count). The molecule has 5 nitrogen and oxygen atoms in total. The van der Waals surface area contributed by atoms with Gasteiger partial charge >= 0.3 is 0 Å². The first kappa shape index (κ1) is 14.6. The lowest BCUT2D eigenvalue weighted by atomic mass is 10.1. The standard InChI is InChI=1S/C17H23N5/c1-18-17(20-12-16-8-9-21-22(16)2)19-11-13-6-7-14-4-3-5-15(14)10-13/h6-10H,3-5,11-12H2,1-2H3,(H2,18,19,20). The van der Waals surface area contributed by atoms with E-state index in [4.69, 9.17) is 0 Å². The molecule has 0 radical (unpaired) electrons. The van der Waals surface area contributed by atoms with Gasteiger partial charge in [-0.15, -0.1) is 0 Å². The van der Waals surface area contributed by atoms with Gasteiger partial charge in [0, 0.05) is 26.8 Å². The number of rotatable bonds is 4. The molecule has 0 fully saturated rings.